The number of hydrogen-bond donors (Lipinski definition) is 2. The number of sulfonamides is 1. The topological polar surface area (TPSA) is 58.2 Å². The Morgan fingerprint density at radius 3 is 2.67 bits per heavy atom. The van der Waals surface area contributed by atoms with Gasteiger partial charge in [-0.25, -0.2) is 13.1 Å². The summed E-state index contributed by atoms with van der Waals surface area (Å²) in [4.78, 5) is 1.10. The lowest BCUT2D eigenvalue weighted by Gasteiger charge is -2.26. The average Bonchev–Trinajstić information content (AvgIpc) is 3.13. The highest BCUT2D eigenvalue weighted by atomic mass is 32.2. The SMILES string of the molecule is CNCCc1ccc(S(=O)(=O)NCC2(SC)CCCC2)s1. The molecule has 21 heavy (non-hydrogen) atoms. The zero-order valence-electron chi connectivity index (χ0n) is 12.6. The van der Waals surface area contributed by atoms with Gasteiger partial charge in [-0.3, -0.25) is 0 Å². The molecule has 1 heterocycles. The standard InChI is InChI=1S/C14H24N2O2S3/c1-15-10-7-12-5-6-13(20-12)21(17,18)16-11-14(19-2)8-3-4-9-14/h5-6,15-16H,3-4,7-11H2,1-2H3. The van der Waals surface area contributed by atoms with Gasteiger partial charge in [0.2, 0.25) is 10.0 Å². The fraction of sp³-hybridized carbons (Fsp3) is 0.714. The van der Waals surface area contributed by atoms with Gasteiger partial charge in [0, 0.05) is 16.2 Å². The molecule has 0 aromatic carbocycles. The van der Waals surface area contributed by atoms with Crippen LogP contribution in [0, 0.1) is 0 Å². The largest absolute Gasteiger partial charge is 0.319 e. The van der Waals surface area contributed by atoms with Gasteiger partial charge in [-0.05, 0) is 51.2 Å². The minimum absolute atomic E-state index is 0.0965. The van der Waals surface area contributed by atoms with Gasteiger partial charge in [0.25, 0.3) is 0 Å². The van der Waals surface area contributed by atoms with Crippen molar-refractivity contribution in [2.24, 2.45) is 0 Å². The number of thiophene rings is 1. The molecule has 0 amide bonds. The van der Waals surface area contributed by atoms with Crippen molar-refractivity contribution in [1.29, 1.82) is 0 Å². The lowest BCUT2D eigenvalue weighted by Crippen LogP contribution is -2.38. The maximum Gasteiger partial charge on any atom is 0.250 e. The number of rotatable bonds is 8. The second-order valence-electron chi connectivity index (χ2n) is 5.49. The quantitative estimate of drug-likeness (QED) is 0.758. The Balaban J connectivity index is 1.99. The van der Waals surface area contributed by atoms with E-state index in [0.29, 0.717) is 10.8 Å². The van der Waals surface area contributed by atoms with Gasteiger partial charge in [-0.15, -0.1) is 11.3 Å². The Labute approximate surface area is 136 Å². The molecule has 1 aromatic rings. The fourth-order valence-electron chi connectivity index (χ4n) is 2.66. The fourth-order valence-corrected chi connectivity index (χ4v) is 6.19. The first-order valence-electron chi connectivity index (χ1n) is 7.29. The van der Waals surface area contributed by atoms with Crippen molar-refractivity contribution in [2.45, 2.75) is 41.1 Å². The van der Waals surface area contributed by atoms with Gasteiger partial charge < -0.3 is 5.32 Å². The third kappa shape index (κ3) is 4.45. The molecule has 0 aliphatic heterocycles. The molecule has 0 spiro atoms. The lowest BCUT2D eigenvalue weighted by molar-refractivity contribution is 0.552. The molecule has 120 valence electrons. The van der Waals surface area contributed by atoms with Crippen LogP contribution < -0.4 is 10.0 Å². The van der Waals surface area contributed by atoms with Crippen molar-refractivity contribution in [3.05, 3.63) is 17.0 Å². The van der Waals surface area contributed by atoms with Crippen LogP contribution in [0.25, 0.3) is 0 Å². The third-order valence-electron chi connectivity index (χ3n) is 4.06. The zero-order valence-corrected chi connectivity index (χ0v) is 15.1. The summed E-state index contributed by atoms with van der Waals surface area (Å²) in [6, 6.07) is 3.63. The van der Waals surface area contributed by atoms with Gasteiger partial charge >= 0.3 is 0 Å². The molecule has 0 atom stereocenters. The average molecular weight is 349 g/mol. The molecule has 2 N–H and O–H groups in total. The summed E-state index contributed by atoms with van der Waals surface area (Å²) in [5.41, 5.74) is 0. The molecule has 0 bridgehead atoms. The Hall–Kier alpha value is -0.0800. The van der Waals surface area contributed by atoms with E-state index < -0.39 is 10.0 Å². The van der Waals surface area contributed by atoms with E-state index >= 15 is 0 Å². The van der Waals surface area contributed by atoms with Crippen LogP contribution in [-0.2, 0) is 16.4 Å². The number of thioether (sulfide) groups is 1. The Morgan fingerprint density at radius 2 is 2.05 bits per heavy atom. The normalized spacial score (nSPS) is 18.2. The summed E-state index contributed by atoms with van der Waals surface area (Å²) < 4.78 is 28.2. The van der Waals surface area contributed by atoms with Crippen LogP contribution in [0.1, 0.15) is 30.6 Å². The smallest absolute Gasteiger partial charge is 0.250 e. The molecule has 0 unspecified atom stereocenters. The molecule has 0 radical (unpaired) electrons. The lowest BCUT2D eigenvalue weighted by atomic mass is 10.1. The first kappa shape index (κ1) is 17.3. The molecule has 2 rings (SSSR count). The highest BCUT2D eigenvalue weighted by Crippen LogP contribution is 2.39. The Bertz CT molecular complexity index is 548. The van der Waals surface area contributed by atoms with Crippen LogP contribution in [-0.4, -0.2) is 39.6 Å². The molecular weight excluding hydrogens is 324 g/mol. The molecule has 1 fully saturated rings. The van der Waals surface area contributed by atoms with Crippen LogP contribution in [0.5, 0.6) is 0 Å². The summed E-state index contributed by atoms with van der Waals surface area (Å²) in [5, 5.41) is 3.08. The van der Waals surface area contributed by atoms with Gasteiger partial charge in [0.15, 0.2) is 0 Å². The van der Waals surface area contributed by atoms with E-state index in [1.807, 2.05) is 13.1 Å². The van der Waals surface area contributed by atoms with Crippen molar-refractivity contribution >= 4 is 33.1 Å². The van der Waals surface area contributed by atoms with E-state index in [-0.39, 0.29) is 4.75 Å². The Kier molecular flexibility index (Phi) is 6.14. The van der Waals surface area contributed by atoms with Crippen molar-refractivity contribution < 1.29 is 8.42 Å². The first-order valence-corrected chi connectivity index (χ1v) is 10.8. The van der Waals surface area contributed by atoms with Gasteiger partial charge in [0.1, 0.15) is 4.21 Å². The molecular formula is C14H24N2O2S3. The minimum atomic E-state index is -3.37. The van der Waals surface area contributed by atoms with E-state index in [9.17, 15) is 8.42 Å². The first-order chi connectivity index (χ1) is 10.0. The summed E-state index contributed by atoms with van der Waals surface area (Å²) in [5.74, 6) is 0. The van der Waals surface area contributed by atoms with Crippen molar-refractivity contribution in [3.8, 4) is 0 Å². The summed E-state index contributed by atoms with van der Waals surface area (Å²) in [7, 11) is -1.47. The molecule has 1 saturated carbocycles. The van der Waals surface area contributed by atoms with Crippen molar-refractivity contribution in [2.75, 3.05) is 26.4 Å². The van der Waals surface area contributed by atoms with Crippen LogP contribution in [0.3, 0.4) is 0 Å². The molecule has 7 heteroatoms. The summed E-state index contributed by atoms with van der Waals surface area (Å²) in [6.07, 6.45) is 7.57. The van der Waals surface area contributed by atoms with Crippen LogP contribution in [0.2, 0.25) is 0 Å². The minimum Gasteiger partial charge on any atom is -0.319 e. The molecule has 1 aromatic heterocycles. The molecule has 0 saturated heterocycles. The van der Waals surface area contributed by atoms with E-state index in [0.717, 1.165) is 30.7 Å². The molecule has 1 aliphatic rings. The van der Waals surface area contributed by atoms with Crippen molar-refractivity contribution in [1.82, 2.24) is 10.0 Å². The van der Waals surface area contributed by atoms with E-state index in [1.54, 1.807) is 17.8 Å². The maximum atomic E-state index is 12.4. The van der Waals surface area contributed by atoms with Crippen molar-refractivity contribution in [3.63, 3.8) is 0 Å². The van der Waals surface area contributed by atoms with E-state index in [1.165, 1.54) is 24.2 Å². The Morgan fingerprint density at radius 1 is 1.33 bits per heavy atom. The second-order valence-corrected chi connectivity index (χ2v) is 9.93. The van der Waals surface area contributed by atoms with Crippen LogP contribution in [0.15, 0.2) is 16.3 Å². The van der Waals surface area contributed by atoms with Crippen LogP contribution >= 0.6 is 23.1 Å². The highest BCUT2D eigenvalue weighted by molar-refractivity contribution is 8.00. The predicted molar refractivity (Wildman–Crippen MR) is 91.9 cm³/mol. The number of nitrogens with one attached hydrogen (secondary N) is 2. The number of likely N-dealkylation sites (N-methyl/N-ethyl adjacent to an activating group) is 1. The zero-order chi connectivity index (χ0) is 15.3. The van der Waals surface area contributed by atoms with E-state index in [2.05, 4.69) is 16.3 Å². The van der Waals surface area contributed by atoms with E-state index in [4.69, 9.17) is 0 Å². The monoisotopic (exact) mass is 348 g/mol. The predicted octanol–water partition coefficient (Wildman–Crippen LogP) is 2.46. The second kappa shape index (κ2) is 7.46. The number of hydrogen-bond acceptors (Lipinski definition) is 5. The van der Waals surface area contributed by atoms with Crippen LogP contribution in [0.4, 0.5) is 0 Å². The van der Waals surface area contributed by atoms with Gasteiger partial charge in [-0.2, -0.15) is 11.8 Å². The van der Waals surface area contributed by atoms with Gasteiger partial charge in [0.05, 0.1) is 0 Å². The highest BCUT2D eigenvalue weighted by Gasteiger charge is 2.34. The summed E-state index contributed by atoms with van der Waals surface area (Å²) >= 11 is 3.17. The third-order valence-corrected chi connectivity index (χ3v) is 8.51. The molecule has 1 aliphatic carbocycles. The summed E-state index contributed by atoms with van der Waals surface area (Å²) in [6.45, 7) is 1.41. The maximum absolute atomic E-state index is 12.4. The van der Waals surface area contributed by atoms with Gasteiger partial charge in [-0.1, -0.05) is 12.8 Å². The molecule has 4 nitrogen and oxygen atoms in total.